The van der Waals surface area contributed by atoms with Gasteiger partial charge in [-0.3, -0.25) is 9.69 Å². The fraction of sp³-hybridized carbons (Fsp3) is 0.400. The molecular formula is C20H18F6N2O3S. The lowest BCUT2D eigenvalue weighted by Crippen LogP contribution is -2.41. The van der Waals surface area contributed by atoms with Crippen LogP contribution >= 0.6 is 0 Å². The summed E-state index contributed by atoms with van der Waals surface area (Å²) in [5.41, 5.74) is -2.12. The predicted octanol–water partition coefficient (Wildman–Crippen LogP) is 4.72. The van der Waals surface area contributed by atoms with Gasteiger partial charge >= 0.3 is 12.4 Å². The smallest absolute Gasteiger partial charge is 0.296 e. The number of anilines is 1. The number of carbonyl (C=O) groups excluding carboxylic acids is 1. The number of pyridine rings is 1. The zero-order valence-corrected chi connectivity index (χ0v) is 17.6. The largest absolute Gasteiger partial charge is 0.417 e. The van der Waals surface area contributed by atoms with Crippen molar-refractivity contribution in [3.05, 3.63) is 53.7 Å². The van der Waals surface area contributed by atoms with Gasteiger partial charge in [0.25, 0.3) is 0 Å². The molecule has 3 rings (SSSR count). The van der Waals surface area contributed by atoms with Crippen molar-refractivity contribution < 1.29 is 39.6 Å². The molecule has 2 aromatic rings. The van der Waals surface area contributed by atoms with Crippen LogP contribution < -0.4 is 4.90 Å². The van der Waals surface area contributed by atoms with Crippen LogP contribution in [0.1, 0.15) is 31.4 Å². The highest BCUT2D eigenvalue weighted by atomic mass is 32.2. The highest BCUT2D eigenvalue weighted by Crippen LogP contribution is 2.40. The van der Waals surface area contributed by atoms with Crippen LogP contribution in [-0.2, 0) is 27.0 Å². The Morgan fingerprint density at radius 1 is 0.969 bits per heavy atom. The maximum atomic E-state index is 13.2. The second kappa shape index (κ2) is 7.75. The van der Waals surface area contributed by atoms with Gasteiger partial charge in [-0.2, -0.15) is 26.3 Å². The third-order valence-electron chi connectivity index (χ3n) is 5.62. The molecule has 1 amide bonds. The van der Waals surface area contributed by atoms with Crippen LogP contribution in [0.2, 0.25) is 0 Å². The minimum absolute atomic E-state index is 0.0715. The Balaban J connectivity index is 1.89. The Kier molecular flexibility index (Phi) is 5.82. The average molecular weight is 480 g/mol. The molecule has 0 bridgehead atoms. The van der Waals surface area contributed by atoms with E-state index < -0.39 is 54.8 Å². The van der Waals surface area contributed by atoms with E-state index in [-0.39, 0.29) is 18.8 Å². The maximum Gasteiger partial charge on any atom is 0.417 e. The summed E-state index contributed by atoms with van der Waals surface area (Å²) in [7, 11) is -4.31. The third kappa shape index (κ3) is 4.32. The summed E-state index contributed by atoms with van der Waals surface area (Å²) in [6.07, 6.45) is -9.03. The van der Waals surface area contributed by atoms with E-state index in [9.17, 15) is 39.6 Å². The first-order valence-corrected chi connectivity index (χ1v) is 10.8. The number of amides is 1. The first-order valence-electron chi connectivity index (χ1n) is 9.30. The van der Waals surface area contributed by atoms with E-state index in [4.69, 9.17) is 0 Å². The van der Waals surface area contributed by atoms with Crippen LogP contribution in [0.15, 0.2) is 47.5 Å². The van der Waals surface area contributed by atoms with E-state index >= 15 is 0 Å². The minimum Gasteiger partial charge on any atom is -0.296 e. The van der Waals surface area contributed by atoms with E-state index in [0.29, 0.717) is 12.3 Å². The van der Waals surface area contributed by atoms with Gasteiger partial charge in [-0.1, -0.05) is 6.07 Å². The van der Waals surface area contributed by atoms with E-state index in [1.54, 1.807) is 0 Å². The van der Waals surface area contributed by atoms with Crippen LogP contribution in [0.3, 0.4) is 0 Å². The highest BCUT2D eigenvalue weighted by Gasteiger charge is 2.49. The first kappa shape index (κ1) is 24.0. The monoisotopic (exact) mass is 480 g/mol. The second-order valence-electron chi connectivity index (χ2n) is 7.94. The molecule has 1 atom stereocenters. The molecule has 1 saturated heterocycles. The van der Waals surface area contributed by atoms with Crippen molar-refractivity contribution in [1.82, 2.24) is 4.98 Å². The molecule has 1 aliphatic rings. The number of hydrogen-bond acceptors (Lipinski definition) is 4. The van der Waals surface area contributed by atoms with Crippen molar-refractivity contribution in [1.29, 1.82) is 0 Å². The lowest BCUT2D eigenvalue weighted by atomic mass is 9.94. The van der Waals surface area contributed by atoms with E-state index in [2.05, 4.69) is 4.98 Å². The van der Waals surface area contributed by atoms with Crippen LogP contribution in [0, 0.1) is 5.92 Å². The van der Waals surface area contributed by atoms with Crippen LogP contribution in [0.5, 0.6) is 0 Å². The number of alkyl halides is 6. The normalized spacial score (nSPS) is 18.3. The van der Waals surface area contributed by atoms with Crippen molar-refractivity contribution in [3.63, 3.8) is 0 Å². The standard InChI is InChI=1S/C20H18F6N2O3S/c1-18(2,32(30,31)15-5-3-4-12(8-15)19(21,22)23)14-9-17(29)28(11-14)16-7-6-13(10-27-16)20(24,25)26/h3-8,10,14H,9,11H2,1-2H3. The van der Waals surface area contributed by atoms with Gasteiger partial charge < -0.3 is 0 Å². The molecule has 174 valence electrons. The Labute approximate surface area is 180 Å². The summed E-state index contributed by atoms with van der Waals surface area (Å²) in [5.74, 6) is -1.45. The van der Waals surface area contributed by atoms with Gasteiger partial charge in [0.05, 0.1) is 20.8 Å². The van der Waals surface area contributed by atoms with Crippen molar-refractivity contribution in [2.24, 2.45) is 5.92 Å². The van der Waals surface area contributed by atoms with Gasteiger partial charge in [-0.25, -0.2) is 13.4 Å². The van der Waals surface area contributed by atoms with Gasteiger partial charge in [-0.05, 0) is 44.2 Å². The molecule has 0 radical (unpaired) electrons. The van der Waals surface area contributed by atoms with Crippen LogP contribution in [0.25, 0.3) is 0 Å². The fourth-order valence-corrected chi connectivity index (χ4v) is 5.21. The number of sulfone groups is 1. The molecule has 1 fully saturated rings. The summed E-state index contributed by atoms with van der Waals surface area (Å²) >= 11 is 0. The van der Waals surface area contributed by atoms with Gasteiger partial charge in [-0.15, -0.1) is 0 Å². The second-order valence-corrected chi connectivity index (χ2v) is 10.5. The summed E-state index contributed by atoms with van der Waals surface area (Å²) < 4.78 is 102. The number of carbonyl (C=O) groups is 1. The van der Waals surface area contributed by atoms with Gasteiger partial charge in [0.1, 0.15) is 5.82 Å². The minimum atomic E-state index is -4.73. The predicted molar refractivity (Wildman–Crippen MR) is 102 cm³/mol. The molecule has 12 heteroatoms. The third-order valence-corrected chi connectivity index (χ3v) is 8.22. The molecule has 0 N–H and O–H groups in total. The summed E-state index contributed by atoms with van der Waals surface area (Å²) in [4.78, 5) is 16.7. The average Bonchev–Trinajstić information content (AvgIpc) is 3.09. The van der Waals surface area contributed by atoms with Crippen LogP contribution in [0.4, 0.5) is 32.2 Å². The zero-order valence-electron chi connectivity index (χ0n) is 16.8. The van der Waals surface area contributed by atoms with Crippen molar-refractivity contribution in [3.8, 4) is 0 Å². The lowest BCUT2D eigenvalue weighted by molar-refractivity contribution is -0.138. The molecule has 0 aliphatic carbocycles. The summed E-state index contributed by atoms with van der Waals surface area (Å²) in [6.45, 7) is 2.46. The molecule has 1 aliphatic heterocycles. The Hall–Kier alpha value is -2.63. The molecule has 1 aromatic heterocycles. The number of halogens is 6. The fourth-order valence-electron chi connectivity index (χ4n) is 3.47. The Morgan fingerprint density at radius 3 is 2.12 bits per heavy atom. The number of rotatable bonds is 4. The topological polar surface area (TPSA) is 67.3 Å². The molecule has 32 heavy (non-hydrogen) atoms. The molecular weight excluding hydrogens is 462 g/mol. The van der Waals surface area contributed by atoms with E-state index in [1.165, 1.54) is 13.8 Å². The summed E-state index contributed by atoms with van der Waals surface area (Å²) in [5, 5.41) is 0. The first-order chi connectivity index (χ1) is 14.5. The molecule has 1 unspecified atom stereocenters. The number of hydrogen-bond donors (Lipinski definition) is 0. The Bertz CT molecular complexity index is 1130. The van der Waals surface area contributed by atoms with E-state index in [1.807, 2.05) is 0 Å². The number of nitrogens with zero attached hydrogens (tertiary/aromatic N) is 2. The molecule has 5 nitrogen and oxygen atoms in total. The SMILES string of the molecule is CC(C)(C1CC(=O)N(c2ccc(C(F)(F)F)cn2)C1)S(=O)(=O)c1cccc(C(F)(F)F)c1. The maximum absolute atomic E-state index is 13.2. The van der Waals surface area contributed by atoms with Gasteiger partial charge in [0, 0.05) is 25.1 Å². The molecule has 1 aromatic carbocycles. The lowest BCUT2D eigenvalue weighted by Gasteiger charge is -2.31. The molecule has 0 spiro atoms. The van der Waals surface area contributed by atoms with Crippen molar-refractivity contribution in [2.75, 3.05) is 11.4 Å². The number of benzene rings is 1. The summed E-state index contributed by atoms with van der Waals surface area (Å²) in [6, 6.07) is 5.11. The highest BCUT2D eigenvalue weighted by molar-refractivity contribution is 7.92. The van der Waals surface area contributed by atoms with E-state index in [0.717, 1.165) is 35.2 Å². The van der Waals surface area contributed by atoms with Gasteiger partial charge in [0.15, 0.2) is 9.84 Å². The number of aromatic nitrogens is 1. The van der Waals surface area contributed by atoms with Gasteiger partial charge in [0.2, 0.25) is 5.91 Å². The van der Waals surface area contributed by atoms with Crippen LogP contribution in [-0.4, -0.2) is 30.6 Å². The van der Waals surface area contributed by atoms with Crippen molar-refractivity contribution in [2.45, 2.75) is 42.3 Å². The quantitative estimate of drug-likeness (QED) is 0.594. The van der Waals surface area contributed by atoms with Crippen molar-refractivity contribution >= 4 is 21.6 Å². The zero-order chi connectivity index (χ0) is 24.1. The molecule has 2 heterocycles. The Morgan fingerprint density at radius 2 is 1.59 bits per heavy atom. The molecule has 0 saturated carbocycles.